The third-order valence-electron chi connectivity index (χ3n) is 3.64. The van der Waals surface area contributed by atoms with Crippen molar-refractivity contribution >= 4 is 22.5 Å². The van der Waals surface area contributed by atoms with E-state index in [1.807, 2.05) is 0 Å². The molecule has 0 radical (unpaired) electrons. The van der Waals surface area contributed by atoms with Crippen molar-refractivity contribution in [2.45, 2.75) is 19.2 Å². The number of amides is 1. The number of nitrogens with zero attached hydrogens (tertiary/aromatic N) is 1. The molecule has 140 valence electrons. The van der Waals surface area contributed by atoms with Gasteiger partial charge >= 0.3 is 6.36 Å². The minimum atomic E-state index is -4.87. The number of aromatic nitrogens is 2. The van der Waals surface area contributed by atoms with Crippen molar-refractivity contribution in [3.05, 3.63) is 64.7 Å². The number of halogens is 3. The third-order valence-corrected chi connectivity index (χ3v) is 3.64. The summed E-state index contributed by atoms with van der Waals surface area (Å²) in [5.41, 5.74) is 0.0836. The Morgan fingerprint density at radius 1 is 1.11 bits per heavy atom. The van der Waals surface area contributed by atoms with Crippen LogP contribution in [0.5, 0.6) is 5.75 Å². The zero-order valence-corrected chi connectivity index (χ0v) is 13.8. The average molecular weight is 377 g/mol. The van der Waals surface area contributed by atoms with Crippen molar-refractivity contribution in [2.24, 2.45) is 0 Å². The van der Waals surface area contributed by atoms with Gasteiger partial charge in [-0.1, -0.05) is 24.3 Å². The molecule has 0 saturated carbocycles. The number of benzene rings is 2. The summed E-state index contributed by atoms with van der Waals surface area (Å²) in [6.45, 7) is 0. The lowest BCUT2D eigenvalue weighted by atomic mass is 10.2. The van der Waals surface area contributed by atoms with Gasteiger partial charge in [0.15, 0.2) is 5.75 Å². The maximum Gasteiger partial charge on any atom is 0.573 e. The summed E-state index contributed by atoms with van der Waals surface area (Å²) in [4.78, 5) is 30.9. The minimum Gasteiger partial charge on any atom is -0.404 e. The fourth-order valence-corrected chi connectivity index (χ4v) is 2.48. The second kappa shape index (κ2) is 7.48. The van der Waals surface area contributed by atoms with Crippen LogP contribution >= 0.6 is 0 Å². The monoisotopic (exact) mass is 377 g/mol. The van der Waals surface area contributed by atoms with E-state index in [1.54, 1.807) is 24.3 Å². The number of hydrogen-bond acceptors (Lipinski definition) is 4. The lowest BCUT2D eigenvalue weighted by Gasteiger charge is -2.13. The van der Waals surface area contributed by atoms with Crippen molar-refractivity contribution in [3.8, 4) is 5.75 Å². The number of rotatable bonds is 5. The quantitative estimate of drug-likeness (QED) is 0.714. The summed E-state index contributed by atoms with van der Waals surface area (Å²) >= 11 is 0. The largest absolute Gasteiger partial charge is 0.573 e. The first kappa shape index (κ1) is 18.4. The molecule has 0 bridgehead atoms. The predicted molar refractivity (Wildman–Crippen MR) is 92.4 cm³/mol. The van der Waals surface area contributed by atoms with Crippen molar-refractivity contribution in [2.75, 3.05) is 5.32 Å². The number of carbonyl (C=O) groups is 1. The first-order valence-electron chi connectivity index (χ1n) is 7.94. The molecular weight excluding hydrogens is 363 g/mol. The van der Waals surface area contributed by atoms with Crippen LogP contribution in [0.15, 0.2) is 53.3 Å². The van der Waals surface area contributed by atoms with Gasteiger partial charge in [0, 0.05) is 12.8 Å². The van der Waals surface area contributed by atoms with Crippen molar-refractivity contribution < 1.29 is 22.7 Å². The maximum absolute atomic E-state index is 12.4. The third kappa shape index (κ3) is 4.84. The van der Waals surface area contributed by atoms with E-state index < -0.39 is 18.0 Å². The Morgan fingerprint density at radius 3 is 2.59 bits per heavy atom. The van der Waals surface area contributed by atoms with E-state index in [9.17, 15) is 22.8 Å². The highest BCUT2D eigenvalue weighted by Gasteiger charge is 2.32. The zero-order valence-electron chi connectivity index (χ0n) is 13.8. The van der Waals surface area contributed by atoms with Gasteiger partial charge in [0.05, 0.1) is 16.6 Å². The molecule has 3 aromatic rings. The predicted octanol–water partition coefficient (Wildman–Crippen LogP) is 3.39. The van der Waals surface area contributed by atoms with Crippen LogP contribution in [0.4, 0.5) is 18.9 Å². The topological polar surface area (TPSA) is 84.1 Å². The van der Waals surface area contributed by atoms with Crippen LogP contribution in [-0.4, -0.2) is 22.2 Å². The van der Waals surface area contributed by atoms with Gasteiger partial charge in [-0.15, -0.1) is 13.2 Å². The second-order valence-electron chi connectivity index (χ2n) is 5.62. The number of carbonyl (C=O) groups excluding carboxylic acids is 1. The molecule has 2 aromatic carbocycles. The van der Waals surface area contributed by atoms with Gasteiger partial charge < -0.3 is 15.0 Å². The van der Waals surface area contributed by atoms with Gasteiger partial charge in [0.2, 0.25) is 5.91 Å². The van der Waals surface area contributed by atoms with Crippen LogP contribution in [0.25, 0.3) is 10.9 Å². The smallest absolute Gasteiger partial charge is 0.404 e. The number of ether oxygens (including phenoxy) is 1. The molecule has 2 N–H and O–H groups in total. The molecule has 0 saturated heterocycles. The highest BCUT2D eigenvalue weighted by atomic mass is 19.4. The number of anilines is 1. The van der Waals surface area contributed by atoms with E-state index in [1.165, 1.54) is 18.2 Å². The van der Waals surface area contributed by atoms with Gasteiger partial charge in [0.1, 0.15) is 5.82 Å². The molecule has 6 nitrogen and oxygen atoms in total. The first-order chi connectivity index (χ1) is 12.8. The Hall–Kier alpha value is -3.36. The molecule has 0 aliphatic rings. The van der Waals surface area contributed by atoms with Crippen molar-refractivity contribution in [3.63, 3.8) is 0 Å². The lowest BCUT2D eigenvalue weighted by Crippen LogP contribution is -2.20. The van der Waals surface area contributed by atoms with Gasteiger partial charge in [-0.3, -0.25) is 9.59 Å². The van der Waals surface area contributed by atoms with E-state index in [2.05, 4.69) is 20.0 Å². The Labute approximate surface area is 151 Å². The molecule has 0 unspecified atom stereocenters. The number of aromatic amines is 1. The second-order valence-corrected chi connectivity index (χ2v) is 5.62. The Kier molecular flexibility index (Phi) is 5.11. The summed E-state index contributed by atoms with van der Waals surface area (Å²) in [6, 6.07) is 12.0. The molecule has 0 atom stereocenters. The standard InChI is InChI=1S/C18H14F3N3O3/c19-18(20,21)27-14-8-4-3-7-13(14)23-16(25)10-9-15-22-12-6-2-1-5-11(12)17(26)24-15/h1-8H,9-10H2,(H,23,25)(H,22,24,26). The highest BCUT2D eigenvalue weighted by molar-refractivity contribution is 5.92. The zero-order chi connectivity index (χ0) is 19.4. The highest BCUT2D eigenvalue weighted by Crippen LogP contribution is 2.29. The molecule has 27 heavy (non-hydrogen) atoms. The van der Waals surface area contributed by atoms with Crippen LogP contribution in [-0.2, 0) is 11.2 Å². The van der Waals surface area contributed by atoms with Crippen LogP contribution in [0, 0.1) is 0 Å². The molecule has 0 fully saturated rings. The Bertz CT molecular complexity index is 1030. The molecule has 0 aliphatic carbocycles. The van der Waals surface area contributed by atoms with Gasteiger partial charge in [-0.2, -0.15) is 0 Å². The van der Waals surface area contributed by atoms with Crippen molar-refractivity contribution in [1.29, 1.82) is 0 Å². The molecule has 0 aliphatic heterocycles. The lowest BCUT2D eigenvalue weighted by molar-refractivity contribution is -0.274. The molecule has 1 amide bonds. The molecule has 3 rings (SSSR count). The summed E-state index contributed by atoms with van der Waals surface area (Å²) in [7, 11) is 0. The van der Waals surface area contributed by atoms with E-state index in [-0.39, 0.29) is 24.1 Å². The molecule has 9 heteroatoms. The van der Waals surface area contributed by atoms with Crippen molar-refractivity contribution in [1.82, 2.24) is 9.97 Å². The molecule has 1 aromatic heterocycles. The fraction of sp³-hybridized carbons (Fsp3) is 0.167. The fourth-order valence-electron chi connectivity index (χ4n) is 2.48. The van der Waals surface area contributed by atoms with Crippen LogP contribution in [0.1, 0.15) is 12.2 Å². The minimum absolute atomic E-state index is 0.0817. The number of para-hydroxylation sites is 3. The summed E-state index contributed by atoms with van der Waals surface area (Å²) in [6.07, 6.45) is -4.83. The Morgan fingerprint density at radius 2 is 1.81 bits per heavy atom. The number of alkyl halides is 3. The van der Waals surface area contributed by atoms with Crippen LogP contribution in [0.2, 0.25) is 0 Å². The van der Waals surface area contributed by atoms with Crippen LogP contribution in [0.3, 0.4) is 0 Å². The number of aryl methyl sites for hydroxylation is 1. The van der Waals surface area contributed by atoms with E-state index in [0.29, 0.717) is 16.7 Å². The van der Waals surface area contributed by atoms with Gasteiger partial charge in [-0.25, -0.2) is 4.98 Å². The summed E-state index contributed by atoms with van der Waals surface area (Å²) in [5, 5.41) is 2.81. The molecular formula is C18H14F3N3O3. The first-order valence-corrected chi connectivity index (χ1v) is 7.94. The maximum atomic E-state index is 12.4. The average Bonchev–Trinajstić information content (AvgIpc) is 2.60. The number of H-pyrrole nitrogens is 1. The number of hydrogen-bond donors (Lipinski definition) is 2. The normalized spacial score (nSPS) is 11.4. The van der Waals surface area contributed by atoms with E-state index in [4.69, 9.17) is 0 Å². The molecule has 0 spiro atoms. The van der Waals surface area contributed by atoms with Gasteiger partial charge in [0.25, 0.3) is 5.56 Å². The SMILES string of the molecule is O=C(CCc1nc2ccccc2c(=O)[nH]1)Nc1ccccc1OC(F)(F)F. The van der Waals surface area contributed by atoms with Crippen LogP contribution < -0.4 is 15.6 Å². The Balaban J connectivity index is 1.68. The number of nitrogens with one attached hydrogen (secondary N) is 2. The summed E-state index contributed by atoms with van der Waals surface area (Å²) in [5.74, 6) is -0.728. The van der Waals surface area contributed by atoms with Gasteiger partial charge in [-0.05, 0) is 24.3 Å². The molecule has 1 heterocycles. The number of fused-ring (bicyclic) bond motifs is 1. The summed E-state index contributed by atoms with van der Waals surface area (Å²) < 4.78 is 41.1. The van der Waals surface area contributed by atoms with E-state index >= 15 is 0 Å². The van der Waals surface area contributed by atoms with E-state index in [0.717, 1.165) is 6.07 Å².